The van der Waals surface area contributed by atoms with Gasteiger partial charge in [0.05, 0.1) is 36.0 Å². The summed E-state index contributed by atoms with van der Waals surface area (Å²) in [5.41, 5.74) is 2.78. The summed E-state index contributed by atoms with van der Waals surface area (Å²) < 4.78 is 11.1. The van der Waals surface area contributed by atoms with E-state index in [1.807, 2.05) is 49.4 Å². The number of rotatable bonds is 9. The first-order valence-corrected chi connectivity index (χ1v) is 11.9. The Kier molecular flexibility index (Phi) is 8.02. The molecule has 0 spiro atoms. The summed E-state index contributed by atoms with van der Waals surface area (Å²) >= 11 is 7.06. The molecular formula is C25H22ClN5O3S. The number of ether oxygens (including phenoxy) is 2. The van der Waals surface area contributed by atoms with Crippen molar-refractivity contribution in [3.63, 3.8) is 0 Å². The summed E-state index contributed by atoms with van der Waals surface area (Å²) in [5.74, 6) is 0.214. The lowest BCUT2D eigenvalue weighted by Gasteiger charge is -2.12. The molecule has 0 atom stereocenters. The van der Waals surface area contributed by atoms with E-state index in [1.54, 1.807) is 31.5 Å². The van der Waals surface area contributed by atoms with Crippen molar-refractivity contribution in [2.75, 3.05) is 19.0 Å². The van der Waals surface area contributed by atoms with E-state index in [4.69, 9.17) is 26.1 Å². The maximum absolute atomic E-state index is 13.3. The van der Waals surface area contributed by atoms with Gasteiger partial charge in [-0.05, 0) is 61.1 Å². The van der Waals surface area contributed by atoms with Gasteiger partial charge in [-0.15, -0.1) is 5.10 Å². The predicted molar refractivity (Wildman–Crippen MR) is 138 cm³/mol. The van der Waals surface area contributed by atoms with E-state index in [1.165, 1.54) is 0 Å². The number of anilines is 1. The zero-order chi connectivity index (χ0) is 24.6. The molecule has 3 aromatic heterocycles. The van der Waals surface area contributed by atoms with Crippen LogP contribution in [0.4, 0.5) is 5.13 Å². The average Bonchev–Trinajstić information content (AvgIpc) is 3.34. The minimum atomic E-state index is -0.391. The molecule has 1 amide bonds. The topological polar surface area (TPSA) is 99.1 Å². The number of fused-ring (bicyclic) bond motifs is 1. The fourth-order valence-electron chi connectivity index (χ4n) is 3.21. The first-order valence-electron chi connectivity index (χ1n) is 10.7. The standard InChI is InChI=1S/C25H22ClN5O3S/c1-3-16(26)9-6-7-14-34-25-31-30-24(35-25)29-23(32)18-15-20-19(11-8-13-27-20)28-22(18)17-10-4-5-12-21(17)33-2/h3-6,8-13,15H,7,14H2,1-2H3,(H,29,30,32)/b9-6-,16-3+. The number of carbonyl (C=O) groups is 1. The summed E-state index contributed by atoms with van der Waals surface area (Å²) in [6.45, 7) is 2.27. The lowest BCUT2D eigenvalue weighted by atomic mass is 10.0. The molecule has 1 aromatic carbocycles. The number of benzene rings is 1. The third-order valence-corrected chi connectivity index (χ3v) is 5.98. The average molecular weight is 508 g/mol. The highest BCUT2D eigenvalue weighted by Crippen LogP contribution is 2.33. The van der Waals surface area contributed by atoms with E-state index in [0.717, 1.165) is 11.3 Å². The molecule has 4 rings (SSSR count). The Hall–Kier alpha value is -3.82. The number of aromatic nitrogens is 4. The maximum atomic E-state index is 13.3. The molecule has 10 heteroatoms. The van der Waals surface area contributed by atoms with Crippen LogP contribution in [-0.4, -0.2) is 39.8 Å². The number of nitrogens with zero attached hydrogens (tertiary/aromatic N) is 4. The van der Waals surface area contributed by atoms with E-state index in [0.29, 0.717) is 62.0 Å². The number of allylic oxidation sites excluding steroid dienone is 3. The second-order valence-electron chi connectivity index (χ2n) is 7.17. The van der Waals surface area contributed by atoms with E-state index < -0.39 is 5.91 Å². The molecule has 0 aliphatic heterocycles. The highest BCUT2D eigenvalue weighted by atomic mass is 35.5. The van der Waals surface area contributed by atoms with E-state index in [2.05, 4.69) is 20.5 Å². The predicted octanol–water partition coefficient (Wildman–Crippen LogP) is 5.88. The van der Waals surface area contributed by atoms with Crippen molar-refractivity contribution in [2.45, 2.75) is 13.3 Å². The fraction of sp³-hybridized carbons (Fsp3) is 0.160. The van der Waals surface area contributed by atoms with Crippen LogP contribution in [0, 0.1) is 0 Å². The second kappa shape index (κ2) is 11.5. The van der Waals surface area contributed by atoms with Gasteiger partial charge in [-0.3, -0.25) is 15.1 Å². The zero-order valence-corrected chi connectivity index (χ0v) is 20.6. The molecule has 178 valence electrons. The summed E-state index contributed by atoms with van der Waals surface area (Å²) in [4.78, 5) is 22.4. The molecule has 0 radical (unpaired) electrons. The van der Waals surface area contributed by atoms with E-state index in [9.17, 15) is 4.79 Å². The molecule has 0 aliphatic carbocycles. The highest BCUT2D eigenvalue weighted by Gasteiger charge is 2.20. The molecule has 1 N–H and O–H groups in total. The van der Waals surface area contributed by atoms with Crippen molar-refractivity contribution in [1.82, 2.24) is 20.2 Å². The first-order chi connectivity index (χ1) is 17.1. The quantitative estimate of drug-likeness (QED) is 0.223. The minimum Gasteiger partial charge on any atom is -0.496 e. The van der Waals surface area contributed by atoms with Crippen molar-refractivity contribution in [3.8, 4) is 22.2 Å². The number of nitrogens with one attached hydrogen (secondary N) is 1. The molecule has 0 saturated heterocycles. The lowest BCUT2D eigenvalue weighted by Crippen LogP contribution is -2.14. The van der Waals surface area contributed by atoms with Gasteiger partial charge in [-0.25, -0.2) is 4.98 Å². The van der Waals surface area contributed by atoms with Gasteiger partial charge < -0.3 is 9.47 Å². The Morgan fingerprint density at radius 3 is 2.86 bits per heavy atom. The number of pyridine rings is 2. The van der Waals surface area contributed by atoms with Crippen LogP contribution in [0.2, 0.25) is 0 Å². The van der Waals surface area contributed by atoms with Gasteiger partial charge in [0.25, 0.3) is 11.1 Å². The second-order valence-corrected chi connectivity index (χ2v) is 8.54. The van der Waals surface area contributed by atoms with Crippen LogP contribution < -0.4 is 14.8 Å². The van der Waals surface area contributed by atoms with Crippen LogP contribution in [0.25, 0.3) is 22.3 Å². The Balaban J connectivity index is 1.55. The number of hydrogen-bond acceptors (Lipinski definition) is 8. The first kappa shape index (κ1) is 24.3. The molecule has 0 aliphatic rings. The Morgan fingerprint density at radius 2 is 2.03 bits per heavy atom. The normalized spacial score (nSPS) is 11.7. The van der Waals surface area contributed by atoms with Gasteiger partial charge >= 0.3 is 0 Å². The highest BCUT2D eigenvalue weighted by molar-refractivity contribution is 7.17. The van der Waals surface area contributed by atoms with Crippen LogP contribution in [0.5, 0.6) is 10.9 Å². The van der Waals surface area contributed by atoms with Crippen LogP contribution in [0.3, 0.4) is 0 Å². The third-order valence-electron chi connectivity index (χ3n) is 4.88. The van der Waals surface area contributed by atoms with Gasteiger partial charge in [0.1, 0.15) is 5.75 Å². The van der Waals surface area contributed by atoms with Crippen molar-refractivity contribution in [2.24, 2.45) is 0 Å². The molecule has 35 heavy (non-hydrogen) atoms. The molecule has 0 fully saturated rings. The molecule has 8 nitrogen and oxygen atoms in total. The fourth-order valence-corrected chi connectivity index (χ4v) is 3.91. The van der Waals surface area contributed by atoms with E-state index in [-0.39, 0.29) is 0 Å². The summed E-state index contributed by atoms with van der Waals surface area (Å²) in [7, 11) is 1.58. The number of hydrogen-bond donors (Lipinski definition) is 1. The van der Waals surface area contributed by atoms with Crippen LogP contribution in [0.15, 0.2) is 71.9 Å². The summed E-state index contributed by atoms with van der Waals surface area (Å²) in [6.07, 6.45) is 7.83. The largest absolute Gasteiger partial charge is 0.496 e. The van der Waals surface area contributed by atoms with Gasteiger partial charge in [0.2, 0.25) is 5.13 Å². The van der Waals surface area contributed by atoms with Crippen LogP contribution >= 0.6 is 22.9 Å². The Morgan fingerprint density at radius 1 is 1.17 bits per heavy atom. The van der Waals surface area contributed by atoms with Crippen molar-refractivity contribution < 1.29 is 14.3 Å². The van der Waals surface area contributed by atoms with E-state index >= 15 is 0 Å². The SMILES string of the molecule is C/C=C(Cl)\C=C/CCOc1nnc(NC(=O)c2cc3ncccc3nc2-c2ccccc2OC)s1. The molecule has 0 saturated carbocycles. The number of methoxy groups -OCH3 is 1. The molecular weight excluding hydrogens is 486 g/mol. The van der Waals surface area contributed by atoms with Gasteiger partial charge in [0, 0.05) is 16.8 Å². The number of para-hydroxylation sites is 1. The maximum Gasteiger partial charge on any atom is 0.295 e. The van der Waals surface area contributed by atoms with Crippen LogP contribution in [0.1, 0.15) is 23.7 Å². The minimum absolute atomic E-state index is 0.310. The molecule has 0 bridgehead atoms. The van der Waals surface area contributed by atoms with Crippen molar-refractivity contribution >= 4 is 45.0 Å². The smallest absolute Gasteiger partial charge is 0.295 e. The van der Waals surface area contributed by atoms with Crippen molar-refractivity contribution in [3.05, 3.63) is 77.5 Å². The number of carbonyl (C=O) groups excluding carboxylic acids is 1. The number of halogens is 1. The zero-order valence-electron chi connectivity index (χ0n) is 19.1. The molecule has 4 aromatic rings. The molecule has 3 heterocycles. The van der Waals surface area contributed by atoms with Gasteiger partial charge in [0.15, 0.2) is 0 Å². The van der Waals surface area contributed by atoms with Crippen LogP contribution in [-0.2, 0) is 0 Å². The Bertz CT molecular complexity index is 1400. The van der Waals surface area contributed by atoms with Gasteiger partial charge in [-0.1, -0.05) is 41.0 Å². The number of amides is 1. The molecule has 0 unspecified atom stereocenters. The van der Waals surface area contributed by atoms with Crippen molar-refractivity contribution in [1.29, 1.82) is 0 Å². The third kappa shape index (κ3) is 6.00. The summed E-state index contributed by atoms with van der Waals surface area (Å²) in [6, 6.07) is 12.8. The summed E-state index contributed by atoms with van der Waals surface area (Å²) in [5, 5.41) is 12.1. The Labute approximate surface area is 211 Å². The monoisotopic (exact) mass is 507 g/mol. The van der Waals surface area contributed by atoms with Gasteiger partial charge in [-0.2, -0.15) is 0 Å². The lowest BCUT2D eigenvalue weighted by molar-refractivity contribution is 0.102.